The first-order valence-corrected chi connectivity index (χ1v) is 9.29. The molecule has 0 fully saturated rings. The third-order valence-electron chi connectivity index (χ3n) is 3.48. The summed E-state index contributed by atoms with van der Waals surface area (Å²) in [4.78, 5) is 12.8. The van der Waals surface area contributed by atoms with Gasteiger partial charge in [-0.25, -0.2) is 4.98 Å². The topological polar surface area (TPSA) is 145 Å². The van der Waals surface area contributed by atoms with Crippen molar-refractivity contribution in [2.24, 2.45) is 4.36 Å². The summed E-state index contributed by atoms with van der Waals surface area (Å²) in [6.07, 6.45) is 3.35. The van der Waals surface area contributed by atoms with E-state index in [0.29, 0.717) is 35.4 Å². The predicted molar refractivity (Wildman–Crippen MR) is 107 cm³/mol. The number of hydrazine groups is 1. The highest BCUT2D eigenvalue weighted by molar-refractivity contribution is 7.68. The molecule has 0 amide bonds. The molecule has 0 spiro atoms. The smallest absolute Gasteiger partial charge is 0.225 e. The van der Waals surface area contributed by atoms with E-state index >= 15 is 0 Å². The molecule has 0 saturated heterocycles. The predicted octanol–water partition coefficient (Wildman–Crippen LogP) is 2.63. The van der Waals surface area contributed by atoms with E-state index in [9.17, 15) is 4.21 Å². The zero-order valence-electron chi connectivity index (χ0n) is 14.6. The van der Waals surface area contributed by atoms with Crippen molar-refractivity contribution < 1.29 is 13.9 Å². The van der Waals surface area contributed by atoms with Crippen LogP contribution in [0.5, 0.6) is 0 Å². The number of anilines is 3. The molecule has 2 heterocycles. The van der Waals surface area contributed by atoms with Crippen molar-refractivity contribution in [3.63, 3.8) is 0 Å². The van der Waals surface area contributed by atoms with Crippen LogP contribution in [0.15, 0.2) is 59.2 Å². The van der Waals surface area contributed by atoms with Crippen molar-refractivity contribution in [2.75, 3.05) is 29.3 Å². The van der Waals surface area contributed by atoms with Crippen molar-refractivity contribution in [3.05, 3.63) is 54.9 Å². The van der Waals surface area contributed by atoms with Gasteiger partial charge in [-0.05, 0) is 36.4 Å². The average Bonchev–Trinajstić information content (AvgIpc) is 2.72. The summed E-state index contributed by atoms with van der Waals surface area (Å²) in [6, 6.07) is 12.1. The summed E-state index contributed by atoms with van der Waals surface area (Å²) in [5.41, 5.74) is 8.63. The molecule has 0 unspecified atom stereocenters. The lowest BCUT2D eigenvalue weighted by Gasteiger charge is -2.13. The molecule has 1 aromatic carbocycles. The Kier molecular flexibility index (Phi) is 6.68. The Morgan fingerprint density at radius 2 is 1.79 bits per heavy atom. The van der Waals surface area contributed by atoms with Crippen LogP contribution in [0.4, 0.5) is 23.1 Å². The van der Waals surface area contributed by atoms with Crippen LogP contribution in [0.3, 0.4) is 0 Å². The average molecular weight is 400 g/mol. The van der Waals surface area contributed by atoms with Crippen molar-refractivity contribution >= 4 is 34.0 Å². The fourth-order valence-corrected chi connectivity index (χ4v) is 2.56. The molecule has 0 saturated carbocycles. The molecule has 0 aliphatic rings. The van der Waals surface area contributed by atoms with Gasteiger partial charge in [0.15, 0.2) is 5.82 Å². The number of pyridine rings is 1. The molecule has 10 nitrogen and oxygen atoms in total. The molecular weight excluding hydrogens is 382 g/mol. The van der Waals surface area contributed by atoms with Crippen molar-refractivity contribution in [2.45, 2.75) is 0 Å². The van der Waals surface area contributed by atoms with Crippen LogP contribution in [-0.4, -0.2) is 37.8 Å². The zero-order chi connectivity index (χ0) is 19.8. The molecule has 28 heavy (non-hydrogen) atoms. The maximum absolute atomic E-state index is 10.7. The highest BCUT2D eigenvalue weighted by Gasteiger charge is 2.07. The monoisotopic (exact) mass is 400 g/mol. The molecule has 0 aliphatic carbocycles. The molecule has 11 heteroatoms. The van der Waals surface area contributed by atoms with Gasteiger partial charge in [0.1, 0.15) is 0 Å². The first kappa shape index (κ1) is 19.5. The van der Waals surface area contributed by atoms with Gasteiger partial charge in [0.25, 0.3) is 0 Å². The van der Waals surface area contributed by atoms with Crippen LogP contribution < -0.4 is 16.2 Å². The Hall–Kier alpha value is -3.28. The second-order valence-corrected chi connectivity index (χ2v) is 6.11. The van der Waals surface area contributed by atoms with Gasteiger partial charge in [-0.15, -0.1) is 0 Å². The Morgan fingerprint density at radius 3 is 2.46 bits per heavy atom. The third-order valence-corrected chi connectivity index (χ3v) is 3.85. The van der Waals surface area contributed by atoms with Gasteiger partial charge < -0.3 is 23.5 Å². The maximum atomic E-state index is 10.7. The van der Waals surface area contributed by atoms with E-state index in [1.807, 2.05) is 12.1 Å². The quantitative estimate of drug-likeness (QED) is 0.219. The largest absolute Gasteiger partial charge is 0.454 e. The van der Waals surface area contributed by atoms with E-state index in [2.05, 4.69) is 35.5 Å². The minimum atomic E-state index is -2.24. The highest BCUT2D eigenvalue weighted by Crippen LogP contribution is 2.21. The Morgan fingerprint density at radius 1 is 1.04 bits per heavy atom. The zero-order valence-corrected chi connectivity index (χ0v) is 15.4. The summed E-state index contributed by atoms with van der Waals surface area (Å²) < 4.78 is 23.0. The molecule has 0 atom stereocenters. The number of aliphatic hydroxyl groups is 1. The molecular formula is C17H18N7O3S-. The second-order valence-electron chi connectivity index (χ2n) is 5.47. The minimum Gasteiger partial charge on any atom is -0.454 e. The summed E-state index contributed by atoms with van der Waals surface area (Å²) in [7, 11) is -2.24. The molecule has 0 radical (unpaired) electrons. The first-order valence-electron chi connectivity index (χ1n) is 8.23. The first-order chi connectivity index (χ1) is 13.6. The van der Waals surface area contributed by atoms with Crippen LogP contribution in [-0.2, 0) is 15.1 Å². The number of aromatic nitrogens is 3. The number of aliphatic hydroxyl groups excluding tert-OH is 1. The normalized spacial score (nSPS) is 11.8. The van der Waals surface area contributed by atoms with Crippen LogP contribution in [0.2, 0.25) is 0 Å². The van der Waals surface area contributed by atoms with E-state index in [1.165, 1.54) is 0 Å². The number of benzene rings is 1. The van der Waals surface area contributed by atoms with Crippen LogP contribution in [0.1, 0.15) is 0 Å². The van der Waals surface area contributed by atoms with Crippen molar-refractivity contribution in [1.82, 2.24) is 15.0 Å². The molecule has 5 N–H and O–H groups in total. The number of rotatable bonds is 8. The third kappa shape index (κ3) is 5.61. The Bertz CT molecular complexity index is 993. The number of nitrogens with zero attached hydrogens (tertiary/aromatic N) is 4. The Balaban J connectivity index is 1.78. The van der Waals surface area contributed by atoms with Crippen molar-refractivity contribution in [3.8, 4) is 11.3 Å². The van der Waals surface area contributed by atoms with Gasteiger partial charge in [0.05, 0.1) is 18.0 Å². The van der Waals surface area contributed by atoms with E-state index in [4.69, 9.17) is 9.66 Å². The summed E-state index contributed by atoms with van der Waals surface area (Å²) >= 11 is 0. The summed E-state index contributed by atoms with van der Waals surface area (Å²) in [5.74, 6) is 0.875. The van der Waals surface area contributed by atoms with Gasteiger partial charge in [-0.1, -0.05) is 10.9 Å². The van der Waals surface area contributed by atoms with E-state index in [0.717, 1.165) is 5.56 Å². The molecule has 146 valence electrons. The van der Waals surface area contributed by atoms with Crippen molar-refractivity contribution in [1.29, 1.82) is 0 Å². The standard InChI is InChI=1S/C17H18N7O3S/c25-10-9-19-17-20-15(12-5-7-18-8-6-12)11-16(21-17)23-22-13-1-3-14(4-2-13)24-28(26)27/h1-8,11,22,25H,9-10H2,(H,24,26,27)(H2,19,20,21,23)/q-1. The lowest BCUT2D eigenvalue weighted by Crippen LogP contribution is -2.14. The van der Waals surface area contributed by atoms with Gasteiger partial charge in [0.2, 0.25) is 5.95 Å². The van der Waals surface area contributed by atoms with Crippen LogP contribution in [0.25, 0.3) is 11.3 Å². The van der Waals surface area contributed by atoms with Gasteiger partial charge in [0, 0.05) is 36.3 Å². The molecule has 3 rings (SSSR count). The highest BCUT2D eigenvalue weighted by atomic mass is 32.2. The van der Waals surface area contributed by atoms with Crippen LogP contribution >= 0.6 is 0 Å². The minimum absolute atomic E-state index is 0.0418. The fourth-order valence-electron chi connectivity index (χ4n) is 2.26. The summed E-state index contributed by atoms with van der Waals surface area (Å²) in [6.45, 7) is 0.281. The number of hydrogen-bond donors (Lipinski definition) is 5. The molecule has 3 aromatic rings. The van der Waals surface area contributed by atoms with E-state index < -0.39 is 10.9 Å². The second kappa shape index (κ2) is 9.60. The summed E-state index contributed by atoms with van der Waals surface area (Å²) in [5, 5.41) is 12.0. The number of nitrogens with one attached hydrogen (secondary N) is 3. The van der Waals surface area contributed by atoms with Crippen LogP contribution in [0, 0.1) is 0 Å². The fraction of sp³-hybridized carbons (Fsp3) is 0.118. The maximum Gasteiger partial charge on any atom is 0.225 e. The van der Waals surface area contributed by atoms with E-state index in [1.54, 1.807) is 42.7 Å². The Labute approximate surface area is 163 Å². The van der Waals surface area contributed by atoms with Gasteiger partial charge >= 0.3 is 0 Å². The molecule has 0 aliphatic heterocycles. The molecule has 2 aromatic heterocycles. The van der Waals surface area contributed by atoms with Gasteiger partial charge in [-0.3, -0.25) is 15.8 Å². The molecule has 0 bridgehead atoms. The lowest BCUT2D eigenvalue weighted by molar-refractivity contribution is 0.311. The van der Waals surface area contributed by atoms with Gasteiger partial charge in [-0.2, -0.15) is 4.98 Å². The number of hydrogen-bond acceptors (Lipinski definition) is 10. The SMILES string of the molecule is O=[S-](O)=Nc1ccc(NNc2cc(-c3ccncc3)nc(NCCO)n2)cc1. The van der Waals surface area contributed by atoms with E-state index in [-0.39, 0.29) is 6.61 Å². The lowest BCUT2D eigenvalue weighted by atomic mass is 10.2.